The molecule has 0 radical (unpaired) electrons. The Morgan fingerprint density at radius 1 is 1.24 bits per heavy atom. The van der Waals surface area contributed by atoms with Gasteiger partial charge in [-0.2, -0.15) is 0 Å². The van der Waals surface area contributed by atoms with Crippen LogP contribution in [0.4, 0.5) is 0 Å². The molecule has 108 valence electrons. The van der Waals surface area contributed by atoms with Crippen LogP contribution in [0.1, 0.15) is 40.8 Å². The van der Waals surface area contributed by atoms with Crippen molar-refractivity contribution in [3.8, 4) is 0 Å². The smallest absolute Gasteiger partial charge is 0.328 e. The molecule has 21 heavy (non-hydrogen) atoms. The fourth-order valence-electron chi connectivity index (χ4n) is 3.32. The second-order valence-electron chi connectivity index (χ2n) is 5.81. The van der Waals surface area contributed by atoms with Gasteiger partial charge in [0.15, 0.2) is 0 Å². The number of aryl methyl sites for hydroxylation is 3. The van der Waals surface area contributed by atoms with E-state index in [9.17, 15) is 4.79 Å². The first kappa shape index (κ1) is 13.8. The molecule has 0 atom stereocenters. The minimum absolute atomic E-state index is 0.908. The molecule has 3 heteroatoms. The maximum absolute atomic E-state index is 10.9. The number of pyridine rings is 1. The minimum atomic E-state index is -0.908. The minimum Gasteiger partial charge on any atom is -0.478 e. The van der Waals surface area contributed by atoms with Crippen LogP contribution in [0.5, 0.6) is 0 Å². The number of benzene rings is 1. The highest BCUT2D eigenvalue weighted by atomic mass is 16.4. The number of carbonyl (C=O) groups is 1. The summed E-state index contributed by atoms with van der Waals surface area (Å²) < 4.78 is 0. The van der Waals surface area contributed by atoms with E-state index in [1.54, 1.807) is 6.08 Å². The van der Waals surface area contributed by atoms with E-state index in [0.29, 0.717) is 0 Å². The molecule has 1 heterocycles. The third-order valence-corrected chi connectivity index (χ3v) is 4.14. The largest absolute Gasteiger partial charge is 0.478 e. The molecule has 1 aliphatic carbocycles. The second kappa shape index (κ2) is 5.32. The molecule has 1 aliphatic rings. The van der Waals surface area contributed by atoms with Gasteiger partial charge in [-0.15, -0.1) is 0 Å². The zero-order chi connectivity index (χ0) is 15.0. The Bertz CT molecular complexity index is 760. The molecule has 3 nitrogen and oxygen atoms in total. The Morgan fingerprint density at radius 3 is 2.76 bits per heavy atom. The molecule has 0 aliphatic heterocycles. The van der Waals surface area contributed by atoms with Crippen LogP contribution in [0.25, 0.3) is 17.0 Å². The van der Waals surface area contributed by atoms with Crippen LogP contribution in [-0.2, 0) is 17.6 Å². The maximum Gasteiger partial charge on any atom is 0.328 e. The molecule has 3 rings (SSSR count). The van der Waals surface area contributed by atoms with E-state index in [1.165, 1.54) is 23.6 Å². The SMILES string of the molecule is Cc1cc(C)c2c(/C=C/C(=O)O)c3c(nc2c1)CCCC3. The number of hydrogen-bond donors (Lipinski definition) is 1. The third kappa shape index (κ3) is 2.56. The maximum atomic E-state index is 10.9. The van der Waals surface area contributed by atoms with Crippen molar-refractivity contribution in [1.82, 2.24) is 4.98 Å². The van der Waals surface area contributed by atoms with E-state index in [1.807, 2.05) is 0 Å². The zero-order valence-electron chi connectivity index (χ0n) is 12.4. The quantitative estimate of drug-likeness (QED) is 0.851. The summed E-state index contributed by atoms with van der Waals surface area (Å²) in [6, 6.07) is 4.23. The molecule has 2 aromatic rings. The molecular formula is C18H19NO2. The standard InChI is InChI=1S/C18H19NO2/c1-11-9-12(2)18-14(7-8-17(20)21)13-5-3-4-6-15(13)19-16(18)10-11/h7-10H,3-6H2,1-2H3,(H,20,21)/b8-7+. The molecule has 0 spiro atoms. The molecule has 0 unspecified atom stereocenters. The molecule has 0 fully saturated rings. The number of aromatic nitrogens is 1. The second-order valence-corrected chi connectivity index (χ2v) is 5.81. The summed E-state index contributed by atoms with van der Waals surface area (Å²) in [7, 11) is 0. The van der Waals surface area contributed by atoms with Crippen molar-refractivity contribution in [3.63, 3.8) is 0 Å². The Kier molecular flexibility index (Phi) is 3.50. The van der Waals surface area contributed by atoms with Crippen molar-refractivity contribution in [3.05, 3.63) is 46.2 Å². The lowest BCUT2D eigenvalue weighted by molar-refractivity contribution is -0.131. The van der Waals surface area contributed by atoms with Crippen LogP contribution < -0.4 is 0 Å². The average Bonchev–Trinajstić information content (AvgIpc) is 2.43. The number of carboxylic acids is 1. The summed E-state index contributed by atoms with van der Waals surface area (Å²) >= 11 is 0. The van der Waals surface area contributed by atoms with Gasteiger partial charge in [0.25, 0.3) is 0 Å². The summed E-state index contributed by atoms with van der Waals surface area (Å²) in [5, 5.41) is 10.1. The lowest BCUT2D eigenvalue weighted by atomic mass is 9.88. The van der Waals surface area contributed by atoms with Crippen LogP contribution in [-0.4, -0.2) is 16.1 Å². The Morgan fingerprint density at radius 2 is 2.00 bits per heavy atom. The van der Waals surface area contributed by atoms with E-state index in [2.05, 4.69) is 26.0 Å². The molecule has 1 N–H and O–H groups in total. The van der Waals surface area contributed by atoms with E-state index >= 15 is 0 Å². The molecule has 0 bridgehead atoms. The Hall–Kier alpha value is -2.16. The molecule has 1 aromatic heterocycles. The van der Waals surface area contributed by atoms with Crippen LogP contribution in [0.3, 0.4) is 0 Å². The summed E-state index contributed by atoms with van der Waals surface area (Å²) in [6.07, 6.45) is 7.29. The monoisotopic (exact) mass is 281 g/mol. The van der Waals surface area contributed by atoms with E-state index < -0.39 is 5.97 Å². The zero-order valence-corrected chi connectivity index (χ0v) is 12.4. The van der Waals surface area contributed by atoms with E-state index in [4.69, 9.17) is 10.1 Å². The van der Waals surface area contributed by atoms with Gasteiger partial charge in [-0.3, -0.25) is 4.98 Å². The topological polar surface area (TPSA) is 50.2 Å². The number of hydrogen-bond acceptors (Lipinski definition) is 2. The first-order valence-electron chi connectivity index (χ1n) is 7.40. The number of aliphatic carboxylic acids is 1. The fourth-order valence-corrected chi connectivity index (χ4v) is 3.32. The molecule has 0 saturated carbocycles. The normalized spacial score (nSPS) is 14.6. The van der Waals surface area contributed by atoms with E-state index in [-0.39, 0.29) is 0 Å². The highest BCUT2D eigenvalue weighted by Gasteiger charge is 2.18. The molecule has 1 aromatic carbocycles. The van der Waals surface area contributed by atoms with Gasteiger partial charge in [-0.05, 0) is 73.9 Å². The number of carboxylic acid groups (broad SMARTS) is 1. The number of fused-ring (bicyclic) bond motifs is 2. The Balaban J connectivity index is 2.36. The molecular weight excluding hydrogens is 262 g/mol. The van der Waals surface area contributed by atoms with Gasteiger partial charge >= 0.3 is 5.97 Å². The summed E-state index contributed by atoms with van der Waals surface area (Å²) in [5.74, 6) is -0.908. The van der Waals surface area contributed by atoms with Crippen molar-refractivity contribution in [1.29, 1.82) is 0 Å². The predicted molar refractivity (Wildman–Crippen MR) is 84.5 cm³/mol. The molecule has 0 amide bonds. The van der Waals surface area contributed by atoms with Crippen molar-refractivity contribution in [2.24, 2.45) is 0 Å². The highest BCUT2D eigenvalue weighted by molar-refractivity contribution is 5.96. The third-order valence-electron chi connectivity index (χ3n) is 4.14. The van der Waals surface area contributed by atoms with Gasteiger partial charge in [0.2, 0.25) is 0 Å². The lowest BCUT2D eigenvalue weighted by Crippen LogP contribution is -2.09. The van der Waals surface area contributed by atoms with Crippen molar-refractivity contribution < 1.29 is 9.90 Å². The van der Waals surface area contributed by atoms with Gasteiger partial charge in [0.1, 0.15) is 0 Å². The van der Waals surface area contributed by atoms with Gasteiger partial charge < -0.3 is 5.11 Å². The average molecular weight is 281 g/mol. The fraction of sp³-hybridized carbons (Fsp3) is 0.333. The summed E-state index contributed by atoms with van der Waals surface area (Å²) in [6.45, 7) is 4.14. The predicted octanol–water partition coefficient (Wildman–Crippen LogP) is 3.83. The van der Waals surface area contributed by atoms with Crippen LogP contribution in [0, 0.1) is 13.8 Å². The first-order valence-corrected chi connectivity index (χ1v) is 7.40. The summed E-state index contributed by atoms with van der Waals surface area (Å²) in [4.78, 5) is 15.8. The van der Waals surface area contributed by atoms with Crippen LogP contribution in [0.15, 0.2) is 18.2 Å². The summed E-state index contributed by atoms with van der Waals surface area (Å²) in [5.41, 5.74) is 6.77. The van der Waals surface area contributed by atoms with Crippen molar-refractivity contribution in [2.45, 2.75) is 39.5 Å². The van der Waals surface area contributed by atoms with E-state index in [0.717, 1.165) is 47.0 Å². The van der Waals surface area contributed by atoms with Crippen molar-refractivity contribution in [2.75, 3.05) is 0 Å². The van der Waals surface area contributed by atoms with Crippen molar-refractivity contribution >= 4 is 22.9 Å². The van der Waals surface area contributed by atoms with Gasteiger partial charge in [-0.1, -0.05) is 6.07 Å². The Labute approximate surface area is 124 Å². The highest BCUT2D eigenvalue weighted by Crippen LogP contribution is 2.32. The van der Waals surface area contributed by atoms with Crippen LogP contribution >= 0.6 is 0 Å². The van der Waals surface area contributed by atoms with Crippen LogP contribution in [0.2, 0.25) is 0 Å². The van der Waals surface area contributed by atoms with Gasteiger partial charge in [0, 0.05) is 17.2 Å². The van der Waals surface area contributed by atoms with Gasteiger partial charge in [0.05, 0.1) is 5.52 Å². The number of rotatable bonds is 2. The van der Waals surface area contributed by atoms with Gasteiger partial charge in [-0.25, -0.2) is 4.79 Å². The molecule has 0 saturated heterocycles. The number of nitrogens with zero attached hydrogens (tertiary/aromatic N) is 1. The first-order chi connectivity index (χ1) is 10.1. The lowest BCUT2D eigenvalue weighted by Gasteiger charge is -2.20.